The van der Waals surface area contributed by atoms with Crippen LogP contribution in [0.3, 0.4) is 0 Å². The lowest BCUT2D eigenvalue weighted by Gasteiger charge is -2.46. The van der Waals surface area contributed by atoms with Crippen LogP contribution in [-0.4, -0.2) is 12.1 Å². The molecule has 1 aliphatic rings. The first-order chi connectivity index (χ1) is 7.78. The fourth-order valence-electron chi connectivity index (χ4n) is 3.76. The lowest BCUT2D eigenvalue weighted by molar-refractivity contribution is 0.0802. The van der Waals surface area contributed by atoms with E-state index in [0.29, 0.717) is 22.9 Å². The Morgan fingerprint density at radius 3 is 2.18 bits per heavy atom. The summed E-state index contributed by atoms with van der Waals surface area (Å²) < 4.78 is 0. The molecule has 1 heteroatoms. The van der Waals surface area contributed by atoms with E-state index in [-0.39, 0.29) is 0 Å². The van der Waals surface area contributed by atoms with Crippen molar-refractivity contribution in [2.24, 2.45) is 10.8 Å². The summed E-state index contributed by atoms with van der Waals surface area (Å²) in [6.45, 7) is 11.8. The van der Waals surface area contributed by atoms with E-state index in [1.807, 2.05) is 0 Å². The molecule has 0 aliphatic heterocycles. The molecule has 0 radical (unpaired) electrons. The van der Waals surface area contributed by atoms with E-state index in [1.165, 1.54) is 19.3 Å². The van der Waals surface area contributed by atoms with Crippen LogP contribution in [0.15, 0.2) is 0 Å². The molecule has 0 bridgehead atoms. The molecule has 0 amide bonds. The van der Waals surface area contributed by atoms with Crippen molar-refractivity contribution >= 4 is 0 Å². The summed E-state index contributed by atoms with van der Waals surface area (Å²) in [5.41, 5.74) is 0.904. The minimum Gasteiger partial charge on any atom is -0.310 e. The molecule has 1 saturated carbocycles. The van der Waals surface area contributed by atoms with Crippen molar-refractivity contribution in [3.63, 3.8) is 0 Å². The topological polar surface area (TPSA) is 12.0 Å². The van der Waals surface area contributed by atoms with E-state index in [0.717, 1.165) is 12.8 Å². The van der Waals surface area contributed by atoms with Crippen LogP contribution in [0.4, 0.5) is 0 Å². The van der Waals surface area contributed by atoms with Crippen LogP contribution >= 0.6 is 0 Å². The average Bonchev–Trinajstić information content (AvgIpc) is 2.11. The molecule has 1 atom stereocenters. The van der Waals surface area contributed by atoms with Gasteiger partial charge in [-0.3, -0.25) is 0 Å². The molecule has 1 nitrogen and oxygen atoms in total. The SMILES string of the molecule is C#CCC(CC)NC1CC(C)(C)CC(C)(C)C1. The largest absolute Gasteiger partial charge is 0.310 e. The highest BCUT2D eigenvalue weighted by Gasteiger charge is 2.38. The van der Waals surface area contributed by atoms with Crippen molar-refractivity contribution in [2.75, 3.05) is 0 Å². The molecule has 17 heavy (non-hydrogen) atoms. The summed E-state index contributed by atoms with van der Waals surface area (Å²) in [4.78, 5) is 0. The zero-order valence-corrected chi connectivity index (χ0v) is 12.3. The summed E-state index contributed by atoms with van der Waals surface area (Å²) in [5, 5.41) is 3.78. The molecule has 1 unspecified atom stereocenters. The van der Waals surface area contributed by atoms with Gasteiger partial charge in [0.05, 0.1) is 0 Å². The Hall–Kier alpha value is -0.480. The standard InChI is InChI=1S/C16H29N/c1-7-9-13(8-2)17-14-10-15(3,4)12-16(5,6)11-14/h1,13-14,17H,8-12H2,2-6H3. The van der Waals surface area contributed by atoms with E-state index >= 15 is 0 Å². The second kappa shape index (κ2) is 5.44. The first kappa shape index (κ1) is 14.6. The summed E-state index contributed by atoms with van der Waals surface area (Å²) in [6.07, 6.45) is 11.3. The van der Waals surface area contributed by atoms with Crippen LogP contribution < -0.4 is 5.32 Å². The van der Waals surface area contributed by atoms with Gasteiger partial charge in [-0.05, 0) is 36.5 Å². The van der Waals surface area contributed by atoms with Gasteiger partial charge in [-0.25, -0.2) is 0 Å². The van der Waals surface area contributed by atoms with Gasteiger partial charge >= 0.3 is 0 Å². The van der Waals surface area contributed by atoms with E-state index in [9.17, 15) is 0 Å². The molecule has 0 heterocycles. The fourth-order valence-corrected chi connectivity index (χ4v) is 3.76. The van der Waals surface area contributed by atoms with E-state index in [2.05, 4.69) is 45.9 Å². The van der Waals surface area contributed by atoms with Crippen molar-refractivity contribution in [3.05, 3.63) is 0 Å². The van der Waals surface area contributed by atoms with Crippen molar-refractivity contribution in [3.8, 4) is 12.3 Å². The van der Waals surface area contributed by atoms with Crippen molar-refractivity contribution in [1.82, 2.24) is 5.32 Å². The molecule has 0 aromatic rings. The number of terminal acetylenes is 1. The Bertz CT molecular complexity index is 266. The van der Waals surface area contributed by atoms with E-state index in [1.54, 1.807) is 0 Å². The zero-order valence-electron chi connectivity index (χ0n) is 12.3. The Kier molecular flexibility index (Phi) is 4.67. The highest BCUT2D eigenvalue weighted by molar-refractivity contribution is 4.95. The van der Waals surface area contributed by atoms with Gasteiger partial charge in [0.25, 0.3) is 0 Å². The van der Waals surface area contributed by atoms with Gasteiger partial charge in [0, 0.05) is 18.5 Å². The Balaban J connectivity index is 2.62. The maximum atomic E-state index is 5.43. The van der Waals surface area contributed by atoms with Crippen molar-refractivity contribution < 1.29 is 0 Å². The molecule has 0 aromatic carbocycles. The predicted octanol–water partition coefficient (Wildman–Crippen LogP) is 3.98. The lowest BCUT2D eigenvalue weighted by atomic mass is 9.63. The van der Waals surface area contributed by atoms with Crippen LogP contribution in [0.2, 0.25) is 0 Å². The first-order valence-corrected chi connectivity index (χ1v) is 6.97. The highest BCUT2D eigenvalue weighted by Crippen LogP contribution is 2.45. The maximum absolute atomic E-state index is 5.43. The van der Waals surface area contributed by atoms with Crippen molar-refractivity contribution in [2.45, 2.75) is 78.8 Å². The molecule has 1 N–H and O–H groups in total. The van der Waals surface area contributed by atoms with Gasteiger partial charge in [0.2, 0.25) is 0 Å². The first-order valence-electron chi connectivity index (χ1n) is 6.97. The molecule has 1 rings (SSSR count). The second-order valence-corrected chi connectivity index (χ2v) is 7.29. The Labute approximate surface area is 108 Å². The van der Waals surface area contributed by atoms with Gasteiger partial charge in [-0.1, -0.05) is 34.6 Å². The highest BCUT2D eigenvalue weighted by atomic mass is 15.0. The smallest absolute Gasteiger partial charge is 0.0240 e. The van der Waals surface area contributed by atoms with Gasteiger partial charge in [0.15, 0.2) is 0 Å². The molecule has 1 fully saturated rings. The second-order valence-electron chi connectivity index (χ2n) is 7.29. The summed E-state index contributed by atoms with van der Waals surface area (Å²) in [6, 6.07) is 1.13. The quantitative estimate of drug-likeness (QED) is 0.727. The minimum atomic E-state index is 0.452. The van der Waals surface area contributed by atoms with Crippen LogP contribution in [0.5, 0.6) is 0 Å². The van der Waals surface area contributed by atoms with Crippen LogP contribution in [-0.2, 0) is 0 Å². The summed E-state index contributed by atoms with van der Waals surface area (Å²) in [7, 11) is 0. The third-order valence-corrected chi connectivity index (χ3v) is 3.88. The Morgan fingerprint density at radius 2 is 1.76 bits per heavy atom. The average molecular weight is 235 g/mol. The molecule has 0 spiro atoms. The number of rotatable bonds is 4. The number of hydrogen-bond acceptors (Lipinski definition) is 1. The summed E-state index contributed by atoms with van der Waals surface area (Å²) >= 11 is 0. The molecule has 98 valence electrons. The van der Waals surface area contributed by atoms with Crippen LogP contribution in [0, 0.1) is 23.2 Å². The molecule has 0 saturated heterocycles. The predicted molar refractivity (Wildman–Crippen MR) is 75.9 cm³/mol. The third-order valence-electron chi connectivity index (χ3n) is 3.88. The lowest BCUT2D eigenvalue weighted by Crippen LogP contribution is -2.47. The maximum Gasteiger partial charge on any atom is 0.0240 e. The van der Waals surface area contributed by atoms with E-state index < -0.39 is 0 Å². The minimum absolute atomic E-state index is 0.452. The fraction of sp³-hybridized carbons (Fsp3) is 0.875. The molecular formula is C16H29N. The number of hydrogen-bond donors (Lipinski definition) is 1. The Morgan fingerprint density at radius 1 is 1.24 bits per heavy atom. The molecule has 0 aromatic heterocycles. The summed E-state index contributed by atoms with van der Waals surface area (Å²) in [5.74, 6) is 2.79. The monoisotopic (exact) mass is 235 g/mol. The van der Waals surface area contributed by atoms with Crippen LogP contribution in [0.25, 0.3) is 0 Å². The van der Waals surface area contributed by atoms with Gasteiger partial charge in [-0.2, -0.15) is 0 Å². The van der Waals surface area contributed by atoms with Gasteiger partial charge < -0.3 is 5.32 Å². The molecule has 1 aliphatic carbocycles. The van der Waals surface area contributed by atoms with Crippen molar-refractivity contribution in [1.29, 1.82) is 0 Å². The zero-order chi connectivity index (χ0) is 13.1. The van der Waals surface area contributed by atoms with E-state index in [4.69, 9.17) is 6.42 Å². The normalized spacial score (nSPS) is 25.2. The van der Waals surface area contributed by atoms with Gasteiger partial charge in [-0.15, -0.1) is 12.3 Å². The third kappa shape index (κ3) is 4.72. The molecular weight excluding hydrogens is 206 g/mol. The van der Waals surface area contributed by atoms with Crippen LogP contribution in [0.1, 0.15) is 66.7 Å². The van der Waals surface area contributed by atoms with Gasteiger partial charge in [0.1, 0.15) is 0 Å². The number of nitrogens with one attached hydrogen (secondary N) is 1.